The van der Waals surface area contributed by atoms with Gasteiger partial charge in [0.15, 0.2) is 0 Å². The smallest absolute Gasteiger partial charge is 0.416 e. The van der Waals surface area contributed by atoms with E-state index in [1.165, 1.54) is 149 Å². The zero-order chi connectivity index (χ0) is 105. The molecule has 3 unspecified atom stereocenters. The molecule has 0 radical (unpaired) electrons. The van der Waals surface area contributed by atoms with E-state index in [1.807, 2.05) is 56.5 Å². The molecular weight excluding hydrogens is 1820 g/mol. The predicted molar refractivity (Wildman–Crippen MR) is 566 cm³/mol. The molecule has 8 aromatic rings. The standard InChI is InChI=1S/C31H44N2O2.C30H43FN2O2.C30H45N3O.C29H37F3N2O3.CO2/c1-19-27(29(34)32-26-17-35-18-26)15-28(33(19)16-23-11-20-8-9-21(23)10-20)22-12-24(30(2,3)4)14-25(13-22)31(5,6)7;1-19-23(28(34)32-22-17-35-18-22)15-26(33(19)16-20-11-9-8-10-12-20)21-13-24(29(2,3)4)27(31)25(14-21)30(5,6)7;1-20-24(28(34)31-23-14-11-15-23)18-25(33(20)19-21-12-9-8-10-13-21)22-16-26(29(2,3)4)32-27(17-22)30(5,6)7;1-18-25(27(36)33-23-13-24(14-23)37-17-35)15-26(34(18)16-19-8-6-5-7-9-19)20-10-21(28(2,3)4)12-22(11-20)29(30,31)32;2-1-3/h12-15,20-21,23,26H,8-11,16-18H2,1-7H3,(H,32,34);13-15,20,22H,8-12,16-18H2,1-7H3,(H,32,34);16-18,21,23H,8-15,19H2,1-7H3,(H,31,34);10-12,15,17,19,23-24H,5-9,13-14,16H2,1-4H3,(H,33,36);. The van der Waals surface area contributed by atoms with E-state index in [0.29, 0.717) is 104 Å². The van der Waals surface area contributed by atoms with Gasteiger partial charge in [0.05, 0.1) is 66.3 Å². The molecule has 4 N–H and O–H groups in total. The summed E-state index contributed by atoms with van der Waals surface area (Å²) in [6.45, 7) is 59.8. The SMILES string of the molecule is Cc1c(C(=O)NC2CC(OC=O)C2)cc(-c2cc(C(C)(C)C)cc(C(F)(F)F)c2)n1CC1CCCCC1.Cc1c(C(=O)NC2CCC2)cc(-c2cc(C(C)(C)C)nc(C(C)(C)C)c2)n1CC1CCCCC1.Cc1c(C(=O)NC2COC2)cc(-c2cc(C(C)(C)C)c(F)c(C(C)(C)C)c2)n1CC1CCCCC1.Cc1c(C(=O)NC2COC2)cc(-c2cc(C(C)(C)C)cc(C(C)(C)C)c2)n1CC1CC2CCC1C2.O=C=O. The normalized spacial score (nSPS) is 20.0. The highest BCUT2D eigenvalue weighted by molar-refractivity contribution is 6.00. The molecular formula is C121H169F4N9O10. The number of halogens is 4. The van der Waals surface area contributed by atoms with Gasteiger partial charge in [-0.05, 0) is 291 Å². The third-order valence-corrected chi connectivity index (χ3v) is 32.3. The van der Waals surface area contributed by atoms with Crippen molar-refractivity contribution in [2.45, 2.75) is 428 Å². The minimum atomic E-state index is -4.48. The summed E-state index contributed by atoms with van der Waals surface area (Å²) < 4.78 is 82.2. The molecule has 0 spiro atoms. The number of rotatable bonds is 22. The molecule has 3 atom stereocenters. The van der Waals surface area contributed by atoms with Crippen LogP contribution in [-0.4, -0.2) is 116 Å². The summed E-state index contributed by atoms with van der Waals surface area (Å²) in [4.78, 5) is 84.9. The number of nitrogens with zero attached hydrogens (tertiary/aromatic N) is 5. The molecule has 9 aliphatic rings. The molecule has 7 aliphatic carbocycles. The first-order chi connectivity index (χ1) is 67.5. The number of nitrogens with one attached hydrogen (secondary N) is 4. The van der Waals surface area contributed by atoms with Crippen molar-refractivity contribution < 1.29 is 65.3 Å². The molecule has 2 aliphatic heterocycles. The van der Waals surface area contributed by atoms with E-state index in [1.54, 1.807) is 6.07 Å². The van der Waals surface area contributed by atoms with Crippen molar-refractivity contribution in [1.29, 1.82) is 0 Å². The van der Waals surface area contributed by atoms with E-state index in [-0.39, 0.29) is 92.3 Å². The van der Waals surface area contributed by atoms with Gasteiger partial charge in [0.25, 0.3) is 30.1 Å². The molecule has 144 heavy (non-hydrogen) atoms. The van der Waals surface area contributed by atoms with E-state index in [0.717, 1.165) is 144 Å². The molecule has 7 saturated carbocycles. The molecule has 4 amide bonds. The summed E-state index contributed by atoms with van der Waals surface area (Å²) in [5, 5.41) is 12.6. The maximum atomic E-state index is 15.8. The van der Waals surface area contributed by atoms with Gasteiger partial charge in [-0.25, -0.2) is 4.39 Å². The highest BCUT2D eigenvalue weighted by atomic mass is 19.4. The number of aromatic nitrogens is 5. The lowest BCUT2D eigenvalue weighted by Crippen LogP contribution is -2.48. The van der Waals surface area contributed by atoms with Crippen molar-refractivity contribution in [3.63, 3.8) is 0 Å². The van der Waals surface area contributed by atoms with E-state index in [9.17, 15) is 37.1 Å². The second-order valence-electron chi connectivity index (χ2n) is 51.0. The zero-order valence-electron chi connectivity index (χ0n) is 91.5. The Morgan fingerprint density at radius 2 is 0.694 bits per heavy atom. The van der Waals surface area contributed by atoms with Gasteiger partial charge >= 0.3 is 12.3 Å². The molecule has 2 bridgehead atoms. The number of ether oxygens (including phenoxy) is 3. The molecule has 19 nitrogen and oxygen atoms in total. The van der Waals surface area contributed by atoms with Gasteiger partial charge in [0, 0.05) is 124 Å². The predicted octanol–water partition coefficient (Wildman–Crippen LogP) is 27.1. The zero-order valence-corrected chi connectivity index (χ0v) is 91.5. The van der Waals surface area contributed by atoms with Crippen LogP contribution >= 0.6 is 0 Å². The van der Waals surface area contributed by atoms with Crippen molar-refractivity contribution in [3.05, 3.63) is 181 Å². The topological polar surface area (TPSA) is 228 Å². The van der Waals surface area contributed by atoms with Crippen LogP contribution in [0.4, 0.5) is 17.6 Å². The molecule has 23 heteroatoms. The van der Waals surface area contributed by atoms with E-state index < -0.39 is 17.2 Å². The minimum Gasteiger partial charge on any atom is -0.464 e. The number of alkyl halides is 3. The second kappa shape index (κ2) is 45.6. The van der Waals surface area contributed by atoms with Crippen LogP contribution in [0.15, 0.2) is 84.9 Å². The Bertz CT molecular complexity index is 5710. The van der Waals surface area contributed by atoms with Crippen LogP contribution in [0.3, 0.4) is 0 Å². The van der Waals surface area contributed by atoms with Crippen molar-refractivity contribution in [2.75, 3.05) is 26.4 Å². The van der Waals surface area contributed by atoms with Crippen molar-refractivity contribution in [1.82, 2.24) is 44.5 Å². The number of carbonyl (C=O) groups excluding carboxylic acids is 7. The highest BCUT2D eigenvalue weighted by Crippen LogP contribution is 2.51. The van der Waals surface area contributed by atoms with Gasteiger partial charge < -0.3 is 53.7 Å². The van der Waals surface area contributed by atoms with Crippen LogP contribution < -0.4 is 21.3 Å². The lowest BCUT2D eigenvalue weighted by molar-refractivity contribution is -0.191. The quantitative estimate of drug-likeness (QED) is 0.0368. The summed E-state index contributed by atoms with van der Waals surface area (Å²) >= 11 is 0. The van der Waals surface area contributed by atoms with Crippen LogP contribution in [0.25, 0.3) is 45.0 Å². The van der Waals surface area contributed by atoms with Gasteiger partial charge in [0.2, 0.25) is 0 Å². The second-order valence-corrected chi connectivity index (χ2v) is 51.0. The molecule has 9 fully saturated rings. The summed E-state index contributed by atoms with van der Waals surface area (Å²) in [5.74, 6) is 3.93. The number of benzene rings is 3. The Kier molecular flexibility index (Phi) is 35.3. The monoisotopic (exact) mass is 1980 g/mol. The molecule has 786 valence electrons. The highest BCUT2D eigenvalue weighted by Gasteiger charge is 2.43. The number of amides is 4. The fraction of sp³-hybridized carbons (Fsp3) is 0.628. The molecule has 5 aromatic heterocycles. The number of hydrogen-bond donors (Lipinski definition) is 4. The average Bonchev–Trinajstić information content (AvgIpc) is 1.38. The first-order valence-corrected chi connectivity index (χ1v) is 54.0. The largest absolute Gasteiger partial charge is 0.464 e. The van der Waals surface area contributed by atoms with E-state index >= 15 is 4.39 Å². The fourth-order valence-corrected chi connectivity index (χ4v) is 22.6. The number of pyridine rings is 1. The van der Waals surface area contributed by atoms with Crippen LogP contribution in [0.5, 0.6) is 0 Å². The number of carbonyl (C=O) groups is 5. The Hall–Kier alpha value is -9.70. The maximum Gasteiger partial charge on any atom is 0.416 e. The van der Waals surface area contributed by atoms with Gasteiger partial charge in [0.1, 0.15) is 11.9 Å². The van der Waals surface area contributed by atoms with E-state index in [2.05, 4.69) is 223 Å². The minimum absolute atomic E-state index is 0.0340. The Morgan fingerprint density at radius 1 is 0.375 bits per heavy atom. The number of hydrogen-bond acceptors (Lipinski definition) is 11. The first-order valence-electron chi connectivity index (χ1n) is 54.0. The first kappa shape index (κ1) is 111. The van der Waals surface area contributed by atoms with Crippen LogP contribution in [0.2, 0.25) is 0 Å². The van der Waals surface area contributed by atoms with Gasteiger partial charge in [-0.1, -0.05) is 216 Å². The van der Waals surface area contributed by atoms with Crippen LogP contribution in [0, 0.1) is 69.0 Å². The molecule has 7 heterocycles. The Morgan fingerprint density at radius 3 is 0.979 bits per heavy atom. The van der Waals surface area contributed by atoms with Crippen LogP contribution in [0.1, 0.15) is 408 Å². The summed E-state index contributed by atoms with van der Waals surface area (Å²) in [6.07, 6.45) is 24.2. The summed E-state index contributed by atoms with van der Waals surface area (Å²) in [7, 11) is 0. The lowest BCUT2D eigenvalue weighted by atomic mass is 9.78. The maximum absolute atomic E-state index is 15.8. The fourth-order valence-electron chi connectivity index (χ4n) is 22.6. The van der Waals surface area contributed by atoms with Gasteiger partial charge in [-0.2, -0.15) is 22.8 Å². The number of fused-ring (bicyclic) bond motifs is 2. The van der Waals surface area contributed by atoms with Crippen LogP contribution in [-0.2, 0) is 98.9 Å². The Labute approximate surface area is 856 Å². The third kappa shape index (κ3) is 27.4. The third-order valence-electron chi connectivity index (χ3n) is 32.3. The van der Waals surface area contributed by atoms with Crippen molar-refractivity contribution in [2.24, 2.45) is 35.5 Å². The molecule has 3 aromatic carbocycles. The summed E-state index contributed by atoms with van der Waals surface area (Å²) in [6, 6.07) is 28.5. The summed E-state index contributed by atoms with van der Waals surface area (Å²) in [5.41, 5.74) is 19.8. The van der Waals surface area contributed by atoms with Crippen molar-refractivity contribution >= 4 is 36.3 Å². The Balaban J connectivity index is 0.000000159. The van der Waals surface area contributed by atoms with Crippen molar-refractivity contribution in [3.8, 4) is 45.0 Å². The molecule has 17 rings (SSSR count). The van der Waals surface area contributed by atoms with Gasteiger partial charge in [-0.3, -0.25) is 29.0 Å². The van der Waals surface area contributed by atoms with E-state index in [4.69, 9.17) is 28.8 Å². The lowest BCUT2D eigenvalue weighted by Gasteiger charge is -2.34. The average molecular weight is 1990 g/mol. The molecule has 2 saturated heterocycles. The van der Waals surface area contributed by atoms with Gasteiger partial charge in [-0.15, -0.1) is 0 Å².